The fourth-order valence-corrected chi connectivity index (χ4v) is 6.56. The first kappa shape index (κ1) is 26.2. The van der Waals surface area contributed by atoms with E-state index in [0.717, 1.165) is 17.8 Å². The highest BCUT2D eigenvalue weighted by Crippen LogP contribution is 2.38. The molecule has 0 amide bonds. The molecule has 1 unspecified atom stereocenters. The van der Waals surface area contributed by atoms with Crippen LogP contribution in [0.5, 0.6) is 0 Å². The lowest BCUT2D eigenvalue weighted by Gasteiger charge is -2.29. The molecule has 0 N–H and O–H groups in total. The fraction of sp³-hybridized carbons (Fsp3) is 0.600. The van der Waals surface area contributed by atoms with Gasteiger partial charge in [0.2, 0.25) is 0 Å². The Hall–Kier alpha value is -1.82. The van der Waals surface area contributed by atoms with Crippen molar-refractivity contribution in [3.63, 3.8) is 0 Å². The summed E-state index contributed by atoms with van der Waals surface area (Å²) in [6.45, 7) is 4.61. The number of hydrogen-bond acceptors (Lipinski definition) is 0. The first-order valence-electron chi connectivity index (χ1n) is 15.2. The number of allylic oxidation sites excluding steroid dienone is 2. The summed E-state index contributed by atoms with van der Waals surface area (Å²) in [5, 5.41) is 0. The van der Waals surface area contributed by atoms with Gasteiger partial charge in [-0.25, -0.2) is 0 Å². The van der Waals surface area contributed by atoms with E-state index in [4.69, 9.17) is 0 Å². The Kier molecular flexibility index (Phi) is 10.5. The molecule has 0 heterocycles. The van der Waals surface area contributed by atoms with Crippen molar-refractivity contribution in [3.05, 3.63) is 65.7 Å². The molecule has 0 radical (unpaired) electrons. The molecular formula is C35H50. The summed E-state index contributed by atoms with van der Waals surface area (Å²) < 4.78 is 0. The molecule has 2 aliphatic rings. The van der Waals surface area contributed by atoms with Gasteiger partial charge in [-0.2, -0.15) is 0 Å². The SMILES string of the molecule is CCCCCCC1CCC(c2ccc(-c3ccc(C4=CCC(CCCCC)CC4)cc3)cc2)CC1. The third-order valence-corrected chi connectivity index (χ3v) is 9.02. The predicted octanol–water partition coefficient (Wildman–Crippen LogP) is 11.4. The van der Waals surface area contributed by atoms with Crippen LogP contribution in [0.4, 0.5) is 0 Å². The molecule has 1 atom stereocenters. The smallest absolute Gasteiger partial charge is 0.0162 e. The minimum Gasteiger partial charge on any atom is -0.0804 e. The Balaban J connectivity index is 1.26. The first-order chi connectivity index (χ1) is 17.3. The van der Waals surface area contributed by atoms with Gasteiger partial charge in [0.05, 0.1) is 0 Å². The monoisotopic (exact) mass is 470 g/mol. The Labute approximate surface area is 216 Å². The minimum absolute atomic E-state index is 0.780. The third-order valence-electron chi connectivity index (χ3n) is 9.02. The maximum Gasteiger partial charge on any atom is -0.0162 e. The average Bonchev–Trinajstić information content (AvgIpc) is 2.92. The van der Waals surface area contributed by atoms with Crippen molar-refractivity contribution in [1.29, 1.82) is 0 Å². The van der Waals surface area contributed by atoms with Crippen LogP contribution in [-0.4, -0.2) is 0 Å². The van der Waals surface area contributed by atoms with E-state index >= 15 is 0 Å². The summed E-state index contributed by atoms with van der Waals surface area (Å²) in [5.41, 5.74) is 7.28. The Bertz CT molecular complexity index is 877. The van der Waals surface area contributed by atoms with Crippen LogP contribution in [0.2, 0.25) is 0 Å². The Morgan fingerprint density at radius 3 is 1.77 bits per heavy atom. The highest BCUT2D eigenvalue weighted by Gasteiger charge is 2.22. The van der Waals surface area contributed by atoms with Crippen LogP contribution in [0.3, 0.4) is 0 Å². The molecule has 2 aromatic rings. The second-order valence-electron chi connectivity index (χ2n) is 11.6. The zero-order valence-electron chi connectivity index (χ0n) is 22.7. The van der Waals surface area contributed by atoms with Crippen molar-refractivity contribution in [3.8, 4) is 11.1 Å². The van der Waals surface area contributed by atoms with Crippen LogP contribution in [0.25, 0.3) is 16.7 Å². The average molecular weight is 471 g/mol. The van der Waals surface area contributed by atoms with Gasteiger partial charge in [-0.3, -0.25) is 0 Å². The van der Waals surface area contributed by atoms with Crippen LogP contribution in [0.1, 0.15) is 134 Å². The van der Waals surface area contributed by atoms with Gasteiger partial charge in [-0.05, 0) is 90.5 Å². The topological polar surface area (TPSA) is 0 Å². The molecule has 1 saturated carbocycles. The lowest BCUT2D eigenvalue weighted by atomic mass is 9.77. The van der Waals surface area contributed by atoms with E-state index in [1.165, 1.54) is 119 Å². The van der Waals surface area contributed by atoms with E-state index in [0.29, 0.717) is 0 Å². The molecule has 0 aliphatic heterocycles. The van der Waals surface area contributed by atoms with E-state index in [1.54, 1.807) is 11.1 Å². The highest BCUT2D eigenvalue weighted by atomic mass is 14.3. The maximum absolute atomic E-state index is 2.53. The van der Waals surface area contributed by atoms with E-state index < -0.39 is 0 Å². The van der Waals surface area contributed by atoms with Gasteiger partial charge >= 0.3 is 0 Å². The number of unbranched alkanes of at least 4 members (excludes halogenated alkanes) is 5. The lowest BCUT2D eigenvalue weighted by Crippen LogP contribution is -2.13. The molecule has 0 bridgehead atoms. The van der Waals surface area contributed by atoms with Crippen LogP contribution in [0, 0.1) is 11.8 Å². The quantitative estimate of drug-likeness (QED) is 0.270. The van der Waals surface area contributed by atoms with E-state index in [9.17, 15) is 0 Å². The van der Waals surface area contributed by atoms with Crippen LogP contribution in [-0.2, 0) is 0 Å². The summed E-state index contributed by atoms with van der Waals surface area (Å²) >= 11 is 0. The van der Waals surface area contributed by atoms with E-state index in [-0.39, 0.29) is 0 Å². The molecule has 0 saturated heterocycles. The Morgan fingerprint density at radius 1 is 0.571 bits per heavy atom. The van der Waals surface area contributed by atoms with Crippen molar-refractivity contribution in [1.82, 2.24) is 0 Å². The fourth-order valence-electron chi connectivity index (χ4n) is 6.56. The van der Waals surface area contributed by atoms with Crippen molar-refractivity contribution < 1.29 is 0 Å². The minimum atomic E-state index is 0.780. The number of rotatable bonds is 12. The maximum atomic E-state index is 2.53. The van der Waals surface area contributed by atoms with Crippen molar-refractivity contribution in [2.45, 2.75) is 122 Å². The zero-order chi connectivity index (χ0) is 24.3. The number of hydrogen-bond donors (Lipinski definition) is 0. The zero-order valence-corrected chi connectivity index (χ0v) is 22.7. The van der Waals surface area contributed by atoms with E-state index in [1.807, 2.05) is 0 Å². The molecule has 2 aliphatic carbocycles. The second-order valence-corrected chi connectivity index (χ2v) is 11.6. The summed E-state index contributed by atoms with van der Waals surface area (Å²) in [5.74, 6) is 2.69. The van der Waals surface area contributed by atoms with Crippen molar-refractivity contribution >= 4 is 5.57 Å². The highest BCUT2D eigenvalue weighted by molar-refractivity contribution is 5.71. The van der Waals surface area contributed by atoms with Crippen molar-refractivity contribution in [2.24, 2.45) is 11.8 Å². The largest absolute Gasteiger partial charge is 0.0804 e. The third kappa shape index (κ3) is 7.83. The molecule has 35 heavy (non-hydrogen) atoms. The lowest BCUT2D eigenvalue weighted by molar-refractivity contribution is 0.302. The molecule has 0 nitrogen and oxygen atoms in total. The molecule has 1 fully saturated rings. The standard InChI is InChI=1S/C35H50/c1-3-5-7-9-11-29-14-18-31(19-15-29)33-22-26-35(27-23-33)34-24-20-32(21-25-34)30-16-12-28(13-17-30)10-8-6-4-2/h16,20-29,31H,3-15,17-19H2,1-2H3. The van der Waals surface area contributed by atoms with Gasteiger partial charge in [-0.1, -0.05) is 126 Å². The van der Waals surface area contributed by atoms with Gasteiger partial charge in [0.1, 0.15) is 0 Å². The van der Waals surface area contributed by atoms with Crippen LogP contribution >= 0.6 is 0 Å². The first-order valence-corrected chi connectivity index (χ1v) is 15.2. The van der Waals surface area contributed by atoms with Crippen LogP contribution < -0.4 is 0 Å². The van der Waals surface area contributed by atoms with E-state index in [2.05, 4.69) is 68.5 Å². The van der Waals surface area contributed by atoms with Gasteiger partial charge in [-0.15, -0.1) is 0 Å². The molecular weight excluding hydrogens is 420 g/mol. The molecule has 2 aromatic carbocycles. The molecule has 190 valence electrons. The second kappa shape index (κ2) is 14.1. The van der Waals surface area contributed by atoms with Gasteiger partial charge < -0.3 is 0 Å². The molecule has 4 rings (SSSR count). The normalized spacial score (nSPS) is 22.7. The number of benzene rings is 2. The molecule has 0 aromatic heterocycles. The molecule has 0 heteroatoms. The van der Waals surface area contributed by atoms with Gasteiger partial charge in [0.15, 0.2) is 0 Å². The molecule has 0 spiro atoms. The summed E-state index contributed by atoms with van der Waals surface area (Å²) in [4.78, 5) is 0. The van der Waals surface area contributed by atoms with Gasteiger partial charge in [0.25, 0.3) is 0 Å². The van der Waals surface area contributed by atoms with Crippen molar-refractivity contribution in [2.75, 3.05) is 0 Å². The summed E-state index contributed by atoms with van der Waals surface area (Å²) in [6, 6.07) is 18.9. The van der Waals surface area contributed by atoms with Gasteiger partial charge in [0, 0.05) is 0 Å². The summed E-state index contributed by atoms with van der Waals surface area (Å²) in [7, 11) is 0. The summed E-state index contributed by atoms with van der Waals surface area (Å²) in [6.07, 6.45) is 24.8. The predicted molar refractivity (Wildman–Crippen MR) is 155 cm³/mol. The Morgan fingerprint density at radius 2 is 1.14 bits per heavy atom. The van der Waals surface area contributed by atoms with Crippen LogP contribution in [0.15, 0.2) is 54.6 Å².